The van der Waals surface area contributed by atoms with Crippen LogP contribution in [0.3, 0.4) is 0 Å². The molecule has 0 bridgehead atoms. The summed E-state index contributed by atoms with van der Waals surface area (Å²) in [5, 5.41) is 0. The van der Waals surface area contributed by atoms with Gasteiger partial charge in [0.05, 0.1) is 0 Å². The summed E-state index contributed by atoms with van der Waals surface area (Å²) in [5.41, 5.74) is 0. The van der Waals surface area contributed by atoms with E-state index in [-0.39, 0.29) is 20.8 Å². The Morgan fingerprint density at radius 1 is 1.27 bits per heavy atom. The zero-order valence-corrected chi connectivity index (χ0v) is 11.0. The van der Waals surface area contributed by atoms with E-state index in [2.05, 4.69) is 19.1 Å². The molecule has 0 saturated carbocycles. The SMILES string of the molecule is CCCC/C([Se]c1ccccc1)=C(/C)F. The molecule has 15 heavy (non-hydrogen) atoms. The fraction of sp³-hybridized carbons (Fsp3) is 0.385. The normalized spacial score (nSPS) is 12.5. The molecule has 0 aliphatic carbocycles. The second-order valence-corrected chi connectivity index (χ2v) is 5.93. The summed E-state index contributed by atoms with van der Waals surface area (Å²) < 4.78 is 15.5. The Hall–Kier alpha value is -0.591. The fourth-order valence-corrected chi connectivity index (χ4v) is 3.29. The van der Waals surface area contributed by atoms with Gasteiger partial charge in [-0.3, -0.25) is 0 Å². The van der Waals surface area contributed by atoms with Crippen molar-refractivity contribution in [1.82, 2.24) is 0 Å². The van der Waals surface area contributed by atoms with Crippen LogP contribution < -0.4 is 4.46 Å². The van der Waals surface area contributed by atoms with Crippen molar-refractivity contribution in [2.75, 3.05) is 0 Å². The number of hydrogen-bond donors (Lipinski definition) is 0. The zero-order chi connectivity index (χ0) is 11.1. The van der Waals surface area contributed by atoms with Gasteiger partial charge in [-0.25, -0.2) is 0 Å². The van der Waals surface area contributed by atoms with Crippen LogP contribution in [0.4, 0.5) is 4.39 Å². The van der Waals surface area contributed by atoms with E-state index in [1.165, 1.54) is 4.46 Å². The number of allylic oxidation sites excluding steroid dienone is 2. The number of unbranched alkanes of at least 4 members (excludes halogenated alkanes) is 1. The van der Waals surface area contributed by atoms with Crippen LogP contribution in [0.2, 0.25) is 0 Å². The van der Waals surface area contributed by atoms with E-state index in [0.29, 0.717) is 0 Å². The predicted molar refractivity (Wildman–Crippen MR) is 65.2 cm³/mol. The van der Waals surface area contributed by atoms with Crippen molar-refractivity contribution in [3.8, 4) is 0 Å². The van der Waals surface area contributed by atoms with Crippen molar-refractivity contribution in [2.45, 2.75) is 33.1 Å². The third-order valence-corrected chi connectivity index (χ3v) is 4.73. The maximum atomic E-state index is 13.3. The van der Waals surface area contributed by atoms with Crippen molar-refractivity contribution in [3.63, 3.8) is 0 Å². The van der Waals surface area contributed by atoms with Gasteiger partial charge in [0.1, 0.15) is 0 Å². The first kappa shape index (κ1) is 12.5. The first-order chi connectivity index (χ1) is 7.24. The molecular weight excluding hydrogens is 254 g/mol. The third kappa shape index (κ3) is 4.63. The number of benzene rings is 1. The van der Waals surface area contributed by atoms with Crippen LogP contribution in [-0.2, 0) is 0 Å². The molecule has 0 atom stereocenters. The Morgan fingerprint density at radius 2 is 1.93 bits per heavy atom. The van der Waals surface area contributed by atoms with Gasteiger partial charge in [-0.15, -0.1) is 0 Å². The summed E-state index contributed by atoms with van der Waals surface area (Å²) in [6.07, 6.45) is 3.13. The molecule has 0 radical (unpaired) electrons. The first-order valence-corrected chi connectivity index (χ1v) is 7.03. The van der Waals surface area contributed by atoms with Crippen molar-refractivity contribution in [2.24, 2.45) is 0 Å². The van der Waals surface area contributed by atoms with Crippen LogP contribution in [0.25, 0.3) is 0 Å². The Kier molecular flexibility index (Phi) is 5.67. The topological polar surface area (TPSA) is 0 Å². The third-order valence-electron chi connectivity index (χ3n) is 2.13. The Bertz CT molecular complexity index is 313. The van der Waals surface area contributed by atoms with E-state index < -0.39 is 0 Å². The molecule has 1 aromatic carbocycles. The Balaban J connectivity index is 2.64. The minimum absolute atomic E-state index is 0.0207. The standard InChI is InChI=1S/C13H17FSe/c1-3-4-10-13(11(2)14)15-12-8-6-5-7-9-12/h5-9H,3-4,10H2,1-2H3/b13-11+. The van der Waals surface area contributed by atoms with Crippen LogP contribution in [-0.4, -0.2) is 15.0 Å². The summed E-state index contributed by atoms with van der Waals surface area (Å²) in [5.74, 6) is 0.0207. The summed E-state index contributed by atoms with van der Waals surface area (Å²) in [6.45, 7) is 3.72. The van der Waals surface area contributed by atoms with E-state index >= 15 is 0 Å². The van der Waals surface area contributed by atoms with Gasteiger partial charge in [0.15, 0.2) is 0 Å². The first-order valence-electron chi connectivity index (χ1n) is 5.32. The average molecular weight is 271 g/mol. The van der Waals surface area contributed by atoms with E-state index in [1.54, 1.807) is 6.92 Å². The van der Waals surface area contributed by atoms with E-state index in [9.17, 15) is 4.39 Å². The molecule has 0 aliphatic heterocycles. The van der Waals surface area contributed by atoms with E-state index in [4.69, 9.17) is 0 Å². The molecule has 0 saturated heterocycles. The zero-order valence-electron chi connectivity index (χ0n) is 9.29. The van der Waals surface area contributed by atoms with Crippen LogP contribution in [0, 0.1) is 0 Å². The summed E-state index contributed by atoms with van der Waals surface area (Å²) in [6, 6.07) is 10.2. The van der Waals surface area contributed by atoms with Crippen molar-refractivity contribution in [3.05, 3.63) is 40.6 Å². The molecule has 1 rings (SSSR count). The summed E-state index contributed by atoms with van der Waals surface area (Å²) in [4.78, 5) is 0. The van der Waals surface area contributed by atoms with E-state index in [1.807, 2.05) is 18.2 Å². The molecule has 1 aromatic rings. The molecule has 0 fully saturated rings. The summed E-state index contributed by atoms with van der Waals surface area (Å²) in [7, 11) is 0. The maximum absolute atomic E-state index is 13.3. The molecule has 0 amide bonds. The van der Waals surface area contributed by atoms with Gasteiger partial charge in [0.2, 0.25) is 0 Å². The van der Waals surface area contributed by atoms with Gasteiger partial charge in [-0.05, 0) is 0 Å². The summed E-state index contributed by atoms with van der Waals surface area (Å²) >= 11 is 0.162. The molecule has 0 spiro atoms. The van der Waals surface area contributed by atoms with Gasteiger partial charge in [-0.1, -0.05) is 0 Å². The molecule has 0 unspecified atom stereocenters. The van der Waals surface area contributed by atoms with Crippen molar-refractivity contribution < 1.29 is 4.39 Å². The molecule has 2 heteroatoms. The molecule has 0 N–H and O–H groups in total. The van der Waals surface area contributed by atoms with E-state index in [0.717, 1.165) is 23.7 Å². The molecule has 0 heterocycles. The Morgan fingerprint density at radius 3 is 2.47 bits per heavy atom. The molecule has 0 nitrogen and oxygen atoms in total. The predicted octanol–water partition coefficient (Wildman–Crippen LogP) is 3.41. The van der Waals surface area contributed by atoms with Crippen LogP contribution in [0.1, 0.15) is 33.1 Å². The van der Waals surface area contributed by atoms with Crippen LogP contribution >= 0.6 is 0 Å². The minimum atomic E-state index is 0.0207. The van der Waals surface area contributed by atoms with Gasteiger partial charge < -0.3 is 0 Å². The monoisotopic (exact) mass is 272 g/mol. The van der Waals surface area contributed by atoms with Gasteiger partial charge >= 0.3 is 97.5 Å². The second kappa shape index (κ2) is 6.81. The van der Waals surface area contributed by atoms with Gasteiger partial charge in [-0.2, -0.15) is 0 Å². The van der Waals surface area contributed by atoms with Gasteiger partial charge in [0.25, 0.3) is 0 Å². The number of halogens is 1. The van der Waals surface area contributed by atoms with Crippen LogP contribution in [0.15, 0.2) is 40.6 Å². The molecule has 0 aliphatic rings. The van der Waals surface area contributed by atoms with Gasteiger partial charge in [0, 0.05) is 0 Å². The molecular formula is C13H17FSe. The number of rotatable bonds is 5. The second-order valence-electron chi connectivity index (χ2n) is 3.48. The fourth-order valence-electron chi connectivity index (χ4n) is 1.26. The van der Waals surface area contributed by atoms with Crippen molar-refractivity contribution in [1.29, 1.82) is 0 Å². The molecule has 0 aromatic heterocycles. The van der Waals surface area contributed by atoms with Crippen LogP contribution in [0.5, 0.6) is 0 Å². The van der Waals surface area contributed by atoms with Crippen molar-refractivity contribution >= 4 is 19.4 Å². The molecule has 82 valence electrons. The Labute approximate surface area is 97.7 Å². The average Bonchev–Trinajstić information content (AvgIpc) is 2.25. The quantitative estimate of drug-likeness (QED) is 0.720. The number of hydrogen-bond acceptors (Lipinski definition) is 0.